The molecule has 0 saturated heterocycles. The molecule has 0 bridgehead atoms. The molecular weight excluding hydrogens is 325 g/mol. The fraction of sp³-hybridized carbons (Fsp3) is 0.214. The molecule has 3 N–H and O–H groups in total. The molecule has 6 nitrogen and oxygen atoms in total. The van der Waals surface area contributed by atoms with Crippen LogP contribution in [0.2, 0.25) is 10.0 Å². The van der Waals surface area contributed by atoms with E-state index < -0.39 is 0 Å². The number of hydrogen-bond acceptors (Lipinski definition) is 4. The van der Waals surface area contributed by atoms with Gasteiger partial charge in [-0.25, -0.2) is 9.78 Å². The van der Waals surface area contributed by atoms with Crippen LogP contribution in [0.5, 0.6) is 0 Å². The molecule has 8 heteroatoms. The van der Waals surface area contributed by atoms with Crippen molar-refractivity contribution >= 4 is 35.1 Å². The van der Waals surface area contributed by atoms with Crippen molar-refractivity contribution in [3.05, 3.63) is 52.4 Å². The van der Waals surface area contributed by atoms with Crippen molar-refractivity contribution in [2.45, 2.75) is 6.54 Å². The molecule has 2 heterocycles. The van der Waals surface area contributed by atoms with Crippen LogP contribution in [0, 0.1) is 0 Å². The van der Waals surface area contributed by atoms with Gasteiger partial charge in [0.05, 0.1) is 10.0 Å². The van der Waals surface area contributed by atoms with Gasteiger partial charge in [0.15, 0.2) is 0 Å². The van der Waals surface area contributed by atoms with Gasteiger partial charge in [0, 0.05) is 38.2 Å². The van der Waals surface area contributed by atoms with E-state index in [0.29, 0.717) is 35.5 Å². The molecule has 0 aliphatic heterocycles. The Morgan fingerprint density at radius 2 is 1.91 bits per heavy atom. The molecule has 0 aliphatic carbocycles. The quantitative estimate of drug-likeness (QED) is 0.707. The van der Waals surface area contributed by atoms with E-state index in [1.165, 1.54) is 6.20 Å². The van der Waals surface area contributed by atoms with Gasteiger partial charge in [-0.15, -0.1) is 0 Å². The second kappa shape index (κ2) is 8.41. The Balaban J connectivity index is 1.65. The van der Waals surface area contributed by atoms with Gasteiger partial charge in [-0.05, 0) is 23.8 Å². The topological polar surface area (TPSA) is 78.9 Å². The van der Waals surface area contributed by atoms with Gasteiger partial charge in [0.2, 0.25) is 0 Å². The summed E-state index contributed by atoms with van der Waals surface area (Å²) in [4.78, 5) is 19.6. The highest BCUT2D eigenvalue weighted by Gasteiger charge is 2.03. The van der Waals surface area contributed by atoms with E-state index in [4.69, 9.17) is 23.2 Å². The van der Waals surface area contributed by atoms with E-state index in [2.05, 4.69) is 25.9 Å². The van der Waals surface area contributed by atoms with Crippen molar-refractivity contribution in [2.75, 3.05) is 18.4 Å². The lowest BCUT2D eigenvalue weighted by atomic mass is 10.3. The minimum absolute atomic E-state index is 0.242. The van der Waals surface area contributed by atoms with Crippen LogP contribution in [0.25, 0.3) is 0 Å². The molecule has 0 spiro atoms. The zero-order valence-electron chi connectivity index (χ0n) is 11.6. The number of rotatable bonds is 6. The van der Waals surface area contributed by atoms with Crippen LogP contribution in [-0.4, -0.2) is 29.1 Å². The zero-order chi connectivity index (χ0) is 15.8. The number of anilines is 1. The molecule has 2 aromatic heterocycles. The van der Waals surface area contributed by atoms with Crippen LogP contribution in [0.1, 0.15) is 5.56 Å². The smallest absolute Gasteiger partial charge is 0.315 e. The highest BCUT2D eigenvalue weighted by molar-refractivity contribution is 6.35. The van der Waals surface area contributed by atoms with E-state index in [0.717, 1.165) is 5.56 Å². The number of amides is 2. The fourth-order valence-electron chi connectivity index (χ4n) is 1.65. The first-order valence-electron chi connectivity index (χ1n) is 6.60. The third kappa shape index (κ3) is 5.38. The second-order valence-corrected chi connectivity index (χ2v) is 5.22. The van der Waals surface area contributed by atoms with Crippen molar-refractivity contribution in [1.29, 1.82) is 0 Å². The Morgan fingerprint density at radius 1 is 1.14 bits per heavy atom. The Kier molecular flexibility index (Phi) is 6.24. The van der Waals surface area contributed by atoms with Gasteiger partial charge < -0.3 is 16.0 Å². The summed E-state index contributed by atoms with van der Waals surface area (Å²) in [5.74, 6) is 0.532. The van der Waals surface area contributed by atoms with Gasteiger partial charge in [0.25, 0.3) is 0 Å². The van der Waals surface area contributed by atoms with E-state index in [-0.39, 0.29) is 6.03 Å². The number of urea groups is 1. The highest BCUT2D eigenvalue weighted by atomic mass is 35.5. The lowest BCUT2D eigenvalue weighted by molar-refractivity contribution is 0.241. The first-order valence-corrected chi connectivity index (χ1v) is 7.36. The van der Waals surface area contributed by atoms with E-state index >= 15 is 0 Å². The normalized spacial score (nSPS) is 10.1. The molecule has 0 atom stereocenters. The van der Waals surface area contributed by atoms with Crippen molar-refractivity contribution < 1.29 is 4.79 Å². The number of halogens is 2. The number of hydrogen-bond donors (Lipinski definition) is 3. The summed E-state index contributed by atoms with van der Waals surface area (Å²) < 4.78 is 0. The lowest BCUT2D eigenvalue weighted by Gasteiger charge is -2.09. The molecule has 0 unspecified atom stereocenters. The third-order valence-corrected chi connectivity index (χ3v) is 3.21. The predicted molar refractivity (Wildman–Crippen MR) is 87.2 cm³/mol. The number of carbonyl (C=O) groups is 1. The van der Waals surface area contributed by atoms with Crippen LogP contribution in [-0.2, 0) is 6.54 Å². The molecule has 0 aliphatic rings. The predicted octanol–water partition coefficient (Wildman–Crippen LogP) is 2.69. The minimum Gasteiger partial charge on any atom is -0.367 e. The second-order valence-electron chi connectivity index (χ2n) is 4.38. The number of carbonyl (C=O) groups excluding carboxylic acids is 1. The Bertz CT molecular complexity index is 624. The Hall–Kier alpha value is -2.05. The third-order valence-electron chi connectivity index (χ3n) is 2.71. The fourth-order valence-corrected chi connectivity index (χ4v) is 2.09. The molecule has 2 amide bonds. The van der Waals surface area contributed by atoms with Crippen LogP contribution in [0.15, 0.2) is 36.8 Å². The van der Waals surface area contributed by atoms with Crippen molar-refractivity contribution in [3.63, 3.8) is 0 Å². The van der Waals surface area contributed by atoms with Gasteiger partial charge >= 0.3 is 6.03 Å². The molecule has 2 aromatic rings. The molecular formula is C14H15Cl2N5O. The summed E-state index contributed by atoms with van der Waals surface area (Å²) in [6.45, 7) is 1.38. The first-order chi connectivity index (χ1) is 10.6. The zero-order valence-corrected chi connectivity index (χ0v) is 13.2. The maximum absolute atomic E-state index is 11.6. The van der Waals surface area contributed by atoms with Gasteiger partial charge in [-0.1, -0.05) is 23.2 Å². The summed E-state index contributed by atoms with van der Waals surface area (Å²) in [5, 5.41) is 9.41. The molecule has 0 aromatic carbocycles. The molecule has 116 valence electrons. The molecule has 2 rings (SSSR count). The van der Waals surface area contributed by atoms with E-state index in [9.17, 15) is 4.79 Å². The first kappa shape index (κ1) is 16.3. The Labute approximate surface area is 138 Å². The summed E-state index contributed by atoms with van der Waals surface area (Å²) >= 11 is 11.7. The summed E-state index contributed by atoms with van der Waals surface area (Å²) in [6, 6.07) is 5.05. The van der Waals surface area contributed by atoms with Crippen molar-refractivity contribution in [3.8, 4) is 0 Å². The SMILES string of the molecule is O=C(NCCNc1ncc(Cl)cc1Cl)NCc1ccncc1. The van der Waals surface area contributed by atoms with Crippen LogP contribution < -0.4 is 16.0 Å². The van der Waals surface area contributed by atoms with Gasteiger partial charge in [-0.2, -0.15) is 0 Å². The van der Waals surface area contributed by atoms with Crippen LogP contribution in [0.3, 0.4) is 0 Å². The molecule has 0 fully saturated rings. The van der Waals surface area contributed by atoms with Crippen LogP contribution >= 0.6 is 23.2 Å². The molecule has 0 saturated carbocycles. The standard InChI is InChI=1S/C14H15Cl2N5O/c15-11-7-12(16)13(20-9-11)18-5-6-19-14(22)21-8-10-1-3-17-4-2-10/h1-4,7,9H,5-6,8H2,(H,18,20)(H2,19,21,22). The van der Waals surface area contributed by atoms with Crippen molar-refractivity contribution in [2.24, 2.45) is 0 Å². The summed E-state index contributed by atoms with van der Waals surface area (Å²) in [5.41, 5.74) is 0.987. The average Bonchev–Trinajstić information content (AvgIpc) is 2.52. The maximum atomic E-state index is 11.6. The number of nitrogens with one attached hydrogen (secondary N) is 3. The summed E-state index contributed by atoms with van der Waals surface area (Å²) in [6.07, 6.45) is 4.87. The van der Waals surface area contributed by atoms with E-state index in [1.807, 2.05) is 12.1 Å². The molecule has 22 heavy (non-hydrogen) atoms. The average molecular weight is 340 g/mol. The Morgan fingerprint density at radius 3 is 2.64 bits per heavy atom. The van der Waals surface area contributed by atoms with Gasteiger partial charge in [0.1, 0.15) is 5.82 Å². The molecule has 0 radical (unpaired) electrons. The number of aromatic nitrogens is 2. The lowest BCUT2D eigenvalue weighted by Crippen LogP contribution is -2.37. The minimum atomic E-state index is -0.242. The van der Waals surface area contributed by atoms with Crippen molar-refractivity contribution in [1.82, 2.24) is 20.6 Å². The van der Waals surface area contributed by atoms with Crippen LogP contribution in [0.4, 0.5) is 10.6 Å². The highest BCUT2D eigenvalue weighted by Crippen LogP contribution is 2.21. The largest absolute Gasteiger partial charge is 0.367 e. The summed E-state index contributed by atoms with van der Waals surface area (Å²) in [7, 11) is 0. The maximum Gasteiger partial charge on any atom is 0.315 e. The number of pyridine rings is 2. The van der Waals surface area contributed by atoms with Gasteiger partial charge in [-0.3, -0.25) is 4.98 Å². The number of nitrogens with zero attached hydrogens (tertiary/aromatic N) is 2. The van der Waals surface area contributed by atoms with E-state index in [1.54, 1.807) is 18.5 Å². The monoisotopic (exact) mass is 339 g/mol.